The molecule has 0 rings (SSSR count). The third kappa shape index (κ3) is 42.4. The van der Waals surface area contributed by atoms with Gasteiger partial charge in [-0.3, -0.25) is 19.2 Å². The second-order valence-corrected chi connectivity index (χ2v) is 20.6. The summed E-state index contributed by atoms with van der Waals surface area (Å²) in [4.78, 5) is 55.7. The number of ether oxygens (including phenoxy) is 3. The molecule has 0 spiro atoms. The van der Waals surface area contributed by atoms with Crippen molar-refractivity contribution in [1.82, 2.24) is 9.80 Å². The van der Waals surface area contributed by atoms with E-state index in [1.807, 2.05) is 0 Å². The Hall–Kier alpha value is -2.16. The van der Waals surface area contributed by atoms with Crippen molar-refractivity contribution in [2.24, 2.45) is 11.8 Å². The first-order valence-electron chi connectivity index (χ1n) is 28.9. The van der Waals surface area contributed by atoms with E-state index in [-0.39, 0.29) is 29.9 Å². The summed E-state index contributed by atoms with van der Waals surface area (Å²) in [6.07, 6.45) is 42.7. The number of nitrogens with zero attached hydrogens (tertiary/aromatic N) is 2. The van der Waals surface area contributed by atoms with Crippen LogP contribution in [-0.2, 0) is 33.4 Å². The van der Waals surface area contributed by atoms with E-state index in [0.29, 0.717) is 57.3 Å². The molecule has 0 aromatic carbocycles. The number of rotatable bonds is 51. The normalized spacial score (nSPS) is 12.8. The predicted octanol–water partition coefficient (Wildman–Crippen LogP) is 15.9. The smallest absolute Gasteiger partial charge is 0.305 e. The van der Waals surface area contributed by atoms with Gasteiger partial charge in [-0.25, -0.2) is 0 Å². The fourth-order valence-electron chi connectivity index (χ4n) is 9.41. The molecule has 0 radical (unpaired) electrons. The number of carbonyl (C=O) groups is 4. The van der Waals surface area contributed by atoms with Gasteiger partial charge < -0.3 is 24.0 Å². The van der Waals surface area contributed by atoms with Crippen LogP contribution in [0.2, 0.25) is 0 Å². The van der Waals surface area contributed by atoms with Gasteiger partial charge in [0.25, 0.3) is 0 Å². The summed E-state index contributed by atoms with van der Waals surface area (Å²) in [5.41, 5.74) is 0. The molecule has 396 valence electrons. The summed E-state index contributed by atoms with van der Waals surface area (Å²) in [5.74, 6) is 0.853. The molecule has 0 fully saturated rings. The number of hydrogen-bond acceptors (Lipinski definition) is 8. The number of carbonyl (C=O) groups excluding carboxylic acids is 4. The van der Waals surface area contributed by atoms with Crippen molar-refractivity contribution < 1.29 is 33.4 Å². The first-order chi connectivity index (χ1) is 32.6. The average Bonchev–Trinajstić information content (AvgIpc) is 3.31. The molecule has 2 unspecified atom stereocenters. The maximum absolute atomic E-state index is 14.0. The quantitative estimate of drug-likeness (QED) is 0.0337. The van der Waals surface area contributed by atoms with Crippen molar-refractivity contribution in [3.8, 4) is 0 Å². The molecule has 2 atom stereocenters. The van der Waals surface area contributed by atoms with Gasteiger partial charge in [-0.1, -0.05) is 195 Å². The van der Waals surface area contributed by atoms with E-state index in [2.05, 4.69) is 51.6 Å². The van der Waals surface area contributed by atoms with Gasteiger partial charge in [-0.05, 0) is 90.1 Å². The molecule has 0 aliphatic heterocycles. The van der Waals surface area contributed by atoms with Gasteiger partial charge >= 0.3 is 17.9 Å². The third-order valence-electron chi connectivity index (χ3n) is 14.0. The lowest BCUT2D eigenvalue weighted by atomic mass is 9.95. The molecule has 9 heteroatoms. The highest BCUT2D eigenvalue weighted by Crippen LogP contribution is 2.24. The molecule has 0 saturated carbocycles. The number of amides is 1. The van der Waals surface area contributed by atoms with E-state index in [0.717, 1.165) is 109 Å². The van der Waals surface area contributed by atoms with Gasteiger partial charge in [-0.2, -0.15) is 0 Å². The van der Waals surface area contributed by atoms with E-state index < -0.39 is 0 Å². The van der Waals surface area contributed by atoms with Crippen molar-refractivity contribution >= 4 is 23.8 Å². The van der Waals surface area contributed by atoms with Crippen LogP contribution < -0.4 is 0 Å². The molecule has 0 N–H and O–H groups in total. The van der Waals surface area contributed by atoms with Crippen molar-refractivity contribution in [2.45, 2.75) is 291 Å². The Kier molecular flexibility index (Phi) is 47.3. The molecule has 0 aromatic heterocycles. The predicted molar refractivity (Wildman–Crippen MR) is 282 cm³/mol. The van der Waals surface area contributed by atoms with Crippen LogP contribution in [0.15, 0.2) is 0 Å². The fourth-order valence-corrected chi connectivity index (χ4v) is 9.41. The van der Waals surface area contributed by atoms with Crippen molar-refractivity contribution in [3.63, 3.8) is 0 Å². The summed E-state index contributed by atoms with van der Waals surface area (Å²) in [7, 11) is 5.55. The van der Waals surface area contributed by atoms with Crippen molar-refractivity contribution in [3.05, 3.63) is 0 Å². The largest absolute Gasteiger partial charge is 0.469 e. The van der Waals surface area contributed by atoms with Gasteiger partial charge in [0.05, 0.1) is 20.3 Å². The zero-order valence-electron chi connectivity index (χ0n) is 45.6. The maximum Gasteiger partial charge on any atom is 0.305 e. The zero-order valence-corrected chi connectivity index (χ0v) is 45.6. The molecule has 0 saturated heterocycles. The average molecular weight is 950 g/mol. The third-order valence-corrected chi connectivity index (χ3v) is 14.0. The molecule has 67 heavy (non-hydrogen) atoms. The van der Waals surface area contributed by atoms with Crippen LogP contribution in [0.4, 0.5) is 0 Å². The molecular weight excluding hydrogens is 837 g/mol. The van der Waals surface area contributed by atoms with Crippen LogP contribution in [0.3, 0.4) is 0 Å². The first-order valence-corrected chi connectivity index (χ1v) is 28.9. The monoisotopic (exact) mass is 949 g/mol. The summed E-state index contributed by atoms with van der Waals surface area (Å²) >= 11 is 0. The van der Waals surface area contributed by atoms with E-state index >= 15 is 0 Å². The molecule has 9 nitrogen and oxygen atoms in total. The van der Waals surface area contributed by atoms with Gasteiger partial charge in [0.1, 0.15) is 0 Å². The molecule has 0 aliphatic rings. The second-order valence-electron chi connectivity index (χ2n) is 20.6. The number of unbranched alkanes of at least 4 members (excludes halogenated alkanes) is 23. The van der Waals surface area contributed by atoms with Crippen LogP contribution in [0, 0.1) is 11.8 Å². The van der Waals surface area contributed by atoms with Crippen LogP contribution in [-0.4, -0.2) is 87.2 Å². The standard InChI is InChI=1S/C58H112N2O7/c1-8-12-16-20-22-30-40-52(38-28-18-14-10-3)50-66-57(63)46-36-26-32-42-54(60(49-48-59(5)6)55(61)44-34-24-25-35-45-56(62)65-7)43-33-27-37-47-58(64)67-51-53(39-29-19-15-11-4)41-31-23-21-17-13-9-2/h52-54H,8-51H2,1-7H3. The first kappa shape index (κ1) is 64.8. The maximum atomic E-state index is 14.0. The van der Waals surface area contributed by atoms with Crippen LogP contribution in [0.25, 0.3) is 0 Å². The van der Waals surface area contributed by atoms with Gasteiger partial charge in [0.15, 0.2) is 0 Å². The van der Waals surface area contributed by atoms with E-state index in [9.17, 15) is 19.2 Å². The number of methoxy groups -OCH3 is 1. The van der Waals surface area contributed by atoms with E-state index in [1.165, 1.54) is 136 Å². The number of likely N-dealkylation sites (N-methyl/N-ethyl adjacent to an activating group) is 1. The Morgan fingerprint density at radius 2 is 0.687 bits per heavy atom. The number of esters is 3. The SMILES string of the molecule is CCCCCCCCC(CCCCCC)COC(=O)CCCCCC(CCCCCC(=O)OCC(CCCCCC)CCCCCCCC)N(CCN(C)C)C(=O)CCCCCCC(=O)OC. The van der Waals surface area contributed by atoms with Gasteiger partial charge in [0.2, 0.25) is 5.91 Å². The fraction of sp³-hybridized carbons (Fsp3) is 0.931. The lowest BCUT2D eigenvalue weighted by Gasteiger charge is -2.33. The summed E-state index contributed by atoms with van der Waals surface area (Å²) in [5, 5.41) is 0. The van der Waals surface area contributed by atoms with Gasteiger partial charge in [0, 0.05) is 44.8 Å². The van der Waals surface area contributed by atoms with Crippen LogP contribution in [0.1, 0.15) is 285 Å². The number of hydrogen-bond donors (Lipinski definition) is 0. The highest BCUT2D eigenvalue weighted by atomic mass is 16.5. The van der Waals surface area contributed by atoms with Gasteiger partial charge in [-0.15, -0.1) is 0 Å². The Morgan fingerprint density at radius 1 is 0.373 bits per heavy atom. The van der Waals surface area contributed by atoms with Crippen molar-refractivity contribution in [2.75, 3.05) is 47.5 Å². The molecule has 0 aromatic rings. The lowest BCUT2D eigenvalue weighted by Crippen LogP contribution is -2.44. The Labute approximate surface area is 415 Å². The Bertz CT molecular complexity index is 1070. The zero-order chi connectivity index (χ0) is 49.4. The molecular formula is C58H112N2O7. The van der Waals surface area contributed by atoms with Crippen LogP contribution >= 0.6 is 0 Å². The minimum atomic E-state index is -0.177. The second kappa shape index (κ2) is 48.8. The summed E-state index contributed by atoms with van der Waals surface area (Å²) in [6, 6.07) is 0.122. The molecule has 0 heterocycles. The van der Waals surface area contributed by atoms with Crippen LogP contribution in [0.5, 0.6) is 0 Å². The Morgan fingerprint density at radius 3 is 1.07 bits per heavy atom. The lowest BCUT2D eigenvalue weighted by molar-refractivity contribution is -0.146. The molecule has 0 bridgehead atoms. The topological polar surface area (TPSA) is 102 Å². The highest BCUT2D eigenvalue weighted by Gasteiger charge is 2.23. The van der Waals surface area contributed by atoms with E-state index in [1.54, 1.807) is 0 Å². The highest BCUT2D eigenvalue weighted by molar-refractivity contribution is 5.76. The van der Waals surface area contributed by atoms with Crippen molar-refractivity contribution in [1.29, 1.82) is 0 Å². The minimum absolute atomic E-state index is 0.0637. The minimum Gasteiger partial charge on any atom is -0.469 e. The molecule has 0 aliphatic carbocycles. The summed E-state index contributed by atoms with van der Waals surface area (Å²) < 4.78 is 16.6. The molecule has 1 amide bonds. The Balaban J connectivity index is 5.35. The van der Waals surface area contributed by atoms with E-state index in [4.69, 9.17) is 14.2 Å². The summed E-state index contributed by atoms with van der Waals surface area (Å²) in [6.45, 7) is 11.6.